The van der Waals surface area contributed by atoms with Crippen molar-refractivity contribution in [3.63, 3.8) is 0 Å². The van der Waals surface area contributed by atoms with Crippen molar-refractivity contribution in [2.45, 2.75) is 39.7 Å². The molecule has 1 atom stereocenters. The minimum Gasteiger partial charge on any atom is -0.466 e. The summed E-state index contributed by atoms with van der Waals surface area (Å²) in [6, 6.07) is 7.83. The van der Waals surface area contributed by atoms with E-state index in [1.165, 1.54) is 0 Å². The van der Waals surface area contributed by atoms with Crippen LogP contribution in [0.15, 0.2) is 46.1 Å². The lowest BCUT2D eigenvalue weighted by atomic mass is 9.96. The first-order valence-electron chi connectivity index (χ1n) is 9.63. The van der Waals surface area contributed by atoms with Crippen LogP contribution in [0.4, 0.5) is 0 Å². The Kier molecular flexibility index (Phi) is 8.09. The molecule has 0 saturated carbocycles. The Labute approximate surface area is 188 Å². The summed E-state index contributed by atoms with van der Waals surface area (Å²) in [4.78, 5) is 9.17. The molecule has 0 aliphatic heterocycles. The highest BCUT2D eigenvalue weighted by Crippen LogP contribution is 2.27. The van der Waals surface area contributed by atoms with E-state index in [1.807, 2.05) is 61.8 Å². The van der Waals surface area contributed by atoms with Crippen molar-refractivity contribution >= 4 is 35.6 Å². The van der Waals surface area contributed by atoms with Crippen LogP contribution in [0.25, 0.3) is 5.65 Å². The molecule has 158 valence electrons. The van der Waals surface area contributed by atoms with Gasteiger partial charge in [-0.25, -0.2) is 9.98 Å². The van der Waals surface area contributed by atoms with Crippen molar-refractivity contribution in [3.05, 3.63) is 59.4 Å². The topological polar surface area (TPSA) is 87.1 Å². The molecular formula is C21H30IN5O2. The number of halogens is 1. The zero-order chi connectivity index (χ0) is 20.1. The number of furan rings is 1. The molecule has 0 aliphatic rings. The second-order valence-corrected chi connectivity index (χ2v) is 7.17. The van der Waals surface area contributed by atoms with Gasteiger partial charge < -0.3 is 24.6 Å². The first-order valence-corrected chi connectivity index (χ1v) is 9.63. The Balaban J connectivity index is 0.00000300. The van der Waals surface area contributed by atoms with E-state index in [-0.39, 0.29) is 30.5 Å². The number of fused-ring (bicyclic) bond motifs is 1. The number of guanidine groups is 1. The van der Waals surface area contributed by atoms with Crippen LogP contribution >= 0.6 is 24.0 Å². The summed E-state index contributed by atoms with van der Waals surface area (Å²) in [5.74, 6) is 2.18. The first kappa shape index (κ1) is 23.2. The highest BCUT2D eigenvalue weighted by molar-refractivity contribution is 14.0. The Bertz CT molecular complexity index is 928. The zero-order valence-electron chi connectivity index (χ0n) is 17.4. The Morgan fingerprint density at radius 2 is 2.10 bits per heavy atom. The first-order chi connectivity index (χ1) is 13.4. The van der Waals surface area contributed by atoms with Gasteiger partial charge in [0.15, 0.2) is 5.96 Å². The molecule has 0 aromatic carbocycles. The fourth-order valence-corrected chi connectivity index (χ4v) is 3.24. The molecule has 0 radical (unpaired) electrons. The van der Waals surface area contributed by atoms with Crippen LogP contribution < -0.4 is 10.6 Å². The standard InChI is InChI=1S/C21H29N5O2.HI/c1-5-22-20(24-14-21(4,27)18-12-15(2)28-16(18)3)23-10-9-17-13-26-11-7-6-8-19(26)25-17;/h6-8,11-13,27H,5,9-10,14H2,1-4H3,(H2,22,23,24);1H. The predicted molar refractivity (Wildman–Crippen MR) is 126 cm³/mol. The molecule has 0 aliphatic carbocycles. The number of aliphatic imine (C=N–C) groups is 1. The van der Waals surface area contributed by atoms with Crippen molar-refractivity contribution in [2.75, 3.05) is 19.6 Å². The van der Waals surface area contributed by atoms with Gasteiger partial charge in [-0.2, -0.15) is 0 Å². The van der Waals surface area contributed by atoms with Crippen LogP contribution in [0.5, 0.6) is 0 Å². The molecule has 0 spiro atoms. The van der Waals surface area contributed by atoms with Crippen molar-refractivity contribution in [1.29, 1.82) is 0 Å². The smallest absolute Gasteiger partial charge is 0.191 e. The monoisotopic (exact) mass is 511 g/mol. The maximum atomic E-state index is 10.8. The number of pyridine rings is 1. The Morgan fingerprint density at radius 3 is 2.76 bits per heavy atom. The third-order valence-corrected chi connectivity index (χ3v) is 4.60. The minimum atomic E-state index is -1.09. The van der Waals surface area contributed by atoms with Crippen molar-refractivity contribution < 1.29 is 9.52 Å². The molecule has 0 amide bonds. The van der Waals surface area contributed by atoms with Gasteiger partial charge in [-0.15, -0.1) is 24.0 Å². The number of aliphatic hydroxyl groups is 1. The molecule has 0 bridgehead atoms. The molecule has 29 heavy (non-hydrogen) atoms. The zero-order valence-corrected chi connectivity index (χ0v) is 19.7. The normalized spacial score (nSPS) is 13.8. The van der Waals surface area contributed by atoms with Crippen LogP contribution in [0, 0.1) is 13.8 Å². The number of hydrogen-bond donors (Lipinski definition) is 3. The fraction of sp³-hybridized carbons (Fsp3) is 0.429. The highest BCUT2D eigenvalue weighted by atomic mass is 127. The largest absolute Gasteiger partial charge is 0.466 e. The summed E-state index contributed by atoms with van der Waals surface area (Å²) < 4.78 is 7.56. The quantitative estimate of drug-likeness (QED) is 0.258. The number of nitrogens with one attached hydrogen (secondary N) is 2. The van der Waals surface area contributed by atoms with Crippen molar-refractivity contribution in [3.8, 4) is 0 Å². The SMILES string of the molecule is CCNC(=NCC(C)(O)c1cc(C)oc1C)NCCc1cn2ccccc2n1.I. The number of aryl methyl sites for hydroxylation is 2. The Morgan fingerprint density at radius 1 is 1.31 bits per heavy atom. The van der Waals surface area contributed by atoms with E-state index in [0.29, 0.717) is 12.5 Å². The van der Waals surface area contributed by atoms with Gasteiger partial charge >= 0.3 is 0 Å². The number of hydrogen-bond acceptors (Lipinski definition) is 4. The lowest BCUT2D eigenvalue weighted by molar-refractivity contribution is 0.0657. The van der Waals surface area contributed by atoms with Crippen LogP contribution in [0.1, 0.15) is 36.6 Å². The van der Waals surface area contributed by atoms with Gasteiger partial charge in [-0.3, -0.25) is 0 Å². The molecule has 3 N–H and O–H groups in total. The maximum Gasteiger partial charge on any atom is 0.191 e. The van der Waals surface area contributed by atoms with E-state index in [9.17, 15) is 5.11 Å². The van der Waals surface area contributed by atoms with E-state index >= 15 is 0 Å². The summed E-state index contributed by atoms with van der Waals surface area (Å²) >= 11 is 0. The molecule has 0 saturated heterocycles. The molecular weight excluding hydrogens is 481 g/mol. The van der Waals surface area contributed by atoms with E-state index in [4.69, 9.17) is 4.42 Å². The lowest BCUT2D eigenvalue weighted by Crippen LogP contribution is -2.39. The van der Waals surface area contributed by atoms with Gasteiger partial charge in [0, 0.05) is 37.5 Å². The van der Waals surface area contributed by atoms with Gasteiger partial charge in [0.05, 0.1) is 12.2 Å². The fourth-order valence-electron chi connectivity index (χ4n) is 3.24. The van der Waals surface area contributed by atoms with Crippen molar-refractivity contribution in [2.24, 2.45) is 4.99 Å². The third-order valence-electron chi connectivity index (χ3n) is 4.60. The van der Waals surface area contributed by atoms with Crippen molar-refractivity contribution in [1.82, 2.24) is 20.0 Å². The molecule has 7 nitrogen and oxygen atoms in total. The summed E-state index contributed by atoms with van der Waals surface area (Å²) in [5, 5.41) is 17.4. The van der Waals surface area contributed by atoms with Gasteiger partial charge in [-0.05, 0) is 45.9 Å². The predicted octanol–water partition coefficient (Wildman–Crippen LogP) is 3.17. The number of imidazole rings is 1. The molecule has 3 aromatic heterocycles. The number of nitrogens with zero attached hydrogens (tertiary/aromatic N) is 3. The third kappa shape index (κ3) is 5.96. The molecule has 0 fully saturated rings. The summed E-state index contributed by atoms with van der Waals surface area (Å²) in [6.07, 6.45) is 4.81. The minimum absolute atomic E-state index is 0. The van der Waals surface area contributed by atoms with Gasteiger partial charge in [0.2, 0.25) is 0 Å². The molecule has 3 aromatic rings. The van der Waals surface area contributed by atoms with Crippen LogP contribution in [-0.2, 0) is 12.0 Å². The van der Waals surface area contributed by atoms with Crippen LogP contribution in [0.3, 0.4) is 0 Å². The average molecular weight is 511 g/mol. The van der Waals surface area contributed by atoms with Gasteiger partial charge in [-0.1, -0.05) is 6.07 Å². The molecule has 3 heterocycles. The van der Waals surface area contributed by atoms with Crippen LogP contribution in [-0.4, -0.2) is 40.1 Å². The number of aromatic nitrogens is 2. The van der Waals surface area contributed by atoms with E-state index in [0.717, 1.165) is 41.4 Å². The second-order valence-electron chi connectivity index (χ2n) is 7.17. The second kappa shape index (κ2) is 10.1. The summed E-state index contributed by atoms with van der Waals surface area (Å²) in [5.41, 5.74) is 1.64. The highest BCUT2D eigenvalue weighted by Gasteiger charge is 2.27. The molecule has 8 heteroatoms. The van der Waals surface area contributed by atoms with E-state index < -0.39 is 5.60 Å². The molecule has 3 rings (SSSR count). The van der Waals surface area contributed by atoms with Gasteiger partial charge in [0.25, 0.3) is 0 Å². The average Bonchev–Trinajstić information content (AvgIpc) is 3.22. The maximum absolute atomic E-state index is 10.8. The van der Waals surface area contributed by atoms with Gasteiger partial charge in [0.1, 0.15) is 22.8 Å². The van der Waals surface area contributed by atoms with Crippen LogP contribution in [0.2, 0.25) is 0 Å². The Hall–Kier alpha value is -2.07. The lowest BCUT2D eigenvalue weighted by Gasteiger charge is -2.21. The van der Waals surface area contributed by atoms with E-state index in [1.54, 1.807) is 6.92 Å². The summed E-state index contributed by atoms with van der Waals surface area (Å²) in [6.45, 7) is 9.18. The number of rotatable bonds is 7. The molecule has 1 unspecified atom stereocenters. The van der Waals surface area contributed by atoms with E-state index in [2.05, 4.69) is 20.6 Å². The summed E-state index contributed by atoms with van der Waals surface area (Å²) in [7, 11) is 0.